The molecule has 7 nitrogen and oxygen atoms in total. The summed E-state index contributed by atoms with van der Waals surface area (Å²) >= 11 is 0. The minimum absolute atomic E-state index is 0.296. The van der Waals surface area contributed by atoms with Gasteiger partial charge >= 0.3 is 0 Å². The fourth-order valence-electron chi connectivity index (χ4n) is 3.31. The number of nitrogens with zero attached hydrogens (tertiary/aromatic N) is 1. The highest BCUT2D eigenvalue weighted by molar-refractivity contribution is 6.06. The number of amides is 1. The molecule has 0 aliphatic heterocycles. The number of methoxy groups -OCH3 is 1. The van der Waals surface area contributed by atoms with Gasteiger partial charge in [-0.1, -0.05) is 30.3 Å². The third kappa shape index (κ3) is 6.74. The molecule has 0 radical (unpaired) electrons. The molecule has 35 heavy (non-hydrogen) atoms. The largest absolute Gasteiger partial charge is 0.493 e. The first-order valence-corrected chi connectivity index (χ1v) is 11.1. The van der Waals surface area contributed by atoms with Gasteiger partial charge in [-0.05, 0) is 54.1 Å². The van der Waals surface area contributed by atoms with Gasteiger partial charge in [-0.25, -0.2) is 0 Å². The maximum Gasteiger partial charge on any atom is 0.259 e. The number of hydrogen-bond acceptors (Lipinski definition) is 6. The van der Waals surface area contributed by atoms with Crippen molar-refractivity contribution in [2.45, 2.75) is 6.61 Å². The van der Waals surface area contributed by atoms with Gasteiger partial charge in [0.25, 0.3) is 5.91 Å². The summed E-state index contributed by atoms with van der Waals surface area (Å²) in [6.07, 6.45) is 3.42. The maximum absolute atomic E-state index is 13.0. The summed E-state index contributed by atoms with van der Waals surface area (Å²) in [4.78, 5) is 17.0. The first-order valence-electron chi connectivity index (χ1n) is 11.1. The van der Waals surface area contributed by atoms with Gasteiger partial charge in [0.2, 0.25) is 0 Å². The second-order valence-corrected chi connectivity index (χ2v) is 7.47. The molecular formula is C28H26N2O5. The van der Waals surface area contributed by atoms with Crippen LogP contribution in [0.2, 0.25) is 0 Å². The summed E-state index contributed by atoms with van der Waals surface area (Å²) in [6, 6.07) is 25.6. The van der Waals surface area contributed by atoms with Gasteiger partial charge in [0.1, 0.15) is 31.3 Å². The lowest BCUT2D eigenvalue weighted by Gasteiger charge is -2.14. The number of rotatable bonds is 11. The summed E-state index contributed by atoms with van der Waals surface area (Å²) in [7, 11) is 1.57. The molecular weight excluding hydrogens is 444 g/mol. The van der Waals surface area contributed by atoms with Gasteiger partial charge in [-0.3, -0.25) is 9.78 Å². The zero-order valence-corrected chi connectivity index (χ0v) is 19.3. The Morgan fingerprint density at radius 1 is 0.771 bits per heavy atom. The van der Waals surface area contributed by atoms with Crippen LogP contribution in [0.15, 0.2) is 97.3 Å². The third-order valence-electron chi connectivity index (χ3n) is 5.05. The van der Waals surface area contributed by atoms with E-state index in [9.17, 15) is 4.79 Å². The molecule has 1 aromatic heterocycles. The number of carbonyl (C=O) groups excluding carboxylic acids is 1. The summed E-state index contributed by atoms with van der Waals surface area (Å²) < 4.78 is 22.8. The lowest BCUT2D eigenvalue weighted by Crippen LogP contribution is -2.15. The van der Waals surface area contributed by atoms with Gasteiger partial charge in [0, 0.05) is 24.1 Å². The van der Waals surface area contributed by atoms with E-state index >= 15 is 0 Å². The summed E-state index contributed by atoms with van der Waals surface area (Å²) in [5, 5.41) is 2.91. The number of benzene rings is 3. The van der Waals surface area contributed by atoms with E-state index in [1.165, 1.54) is 0 Å². The molecule has 1 N–H and O–H groups in total. The molecule has 0 aliphatic rings. The van der Waals surface area contributed by atoms with Crippen molar-refractivity contribution in [2.24, 2.45) is 0 Å². The van der Waals surface area contributed by atoms with Crippen molar-refractivity contribution >= 4 is 11.6 Å². The fourth-order valence-corrected chi connectivity index (χ4v) is 3.31. The highest BCUT2D eigenvalue weighted by Crippen LogP contribution is 2.31. The van der Waals surface area contributed by atoms with E-state index in [-0.39, 0.29) is 5.91 Å². The molecule has 0 atom stereocenters. The first kappa shape index (κ1) is 23.6. The summed E-state index contributed by atoms with van der Waals surface area (Å²) in [5.41, 5.74) is 1.96. The molecule has 7 heteroatoms. The van der Waals surface area contributed by atoms with Gasteiger partial charge in [0.15, 0.2) is 11.5 Å². The van der Waals surface area contributed by atoms with Gasteiger partial charge in [-0.2, -0.15) is 0 Å². The Hall–Kier alpha value is -4.52. The van der Waals surface area contributed by atoms with Gasteiger partial charge in [0.05, 0.1) is 12.7 Å². The Balaban J connectivity index is 1.39. The van der Waals surface area contributed by atoms with Crippen LogP contribution in [0.25, 0.3) is 0 Å². The van der Waals surface area contributed by atoms with Crippen LogP contribution < -0.4 is 24.3 Å². The highest BCUT2D eigenvalue weighted by atomic mass is 16.5. The third-order valence-corrected chi connectivity index (χ3v) is 5.05. The predicted octanol–water partition coefficient (Wildman–Crippen LogP) is 5.38. The molecule has 0 saturated carbocycles. The smallest absolute Gasteiger partial charge is 0.259 e. The number of para-hydroxylation sites is 2. The van der Waals surface area contributed by atoms with E-state index in [4.69, 9.17) is 18.9 Å². The molecule has 0 aliphatic carbocycles. The number of hydrogen-bond donors (Lipinski definition) is 1. The molecule has 178 valence electrons. The molecule has 0 spiro atoms. The number of anilines is 1. The normalized spacial score (nSPS) is 10.3. The number of carbonyl (C=O) groups is 1. The van der Waals surface area contributed by atoms with E-state index in [0.29, 0.717) is 48.3 Å². The van der Waals surface area contributed by atoms with Crippen LogP contribution in [0.5, 0.6) is 23.0 Å². The van der Waals surface area contributed by atoms with Crippen molar-refractivity contribution in [2.75, 3.05) is 25.6 Å². The Kier molecular flexibility index (Phi) is 8.16. The summed E-state index contributed by atoms with van der Waals surface area (Å²) in [6.45, 7) is 1.00. The van der Waals surface area contributed by atoms with E-state index < -0.39 is 0 Å². The lowest BCUT2D eigenvalue weighted by atomic mass is 10.1. The average Bonchev–Trinajstić information content (AvgIpc) is 2.91. The topological polar surface area (TPSA) is 78.9 Å². The van der Waals surface area contributed by atoms with Crippen LogP contribution in [0.4, 0.5) is 5.69 Å². The van der Waals surface area contributed by atoms with E-state index in [1.807, 2.05) is 48.5 Å². The Morgan fingerprint density at radius 2 is 1.51 bits per heavy atom. The monoisotopic (exact) mass is 470 g/mol. The van der Waals surface area contributed by atoms with Crippen LogP contribution in [0.3, 0.4) is 0 Å². The average molecular weight is 471 g/mol. The SMILES string of the molecule is COc1ccc(NC(=O)c2ccccc2OCCOc2ccccc2)cc1OCc1ccncc1. The molecule has 0 saturated heterocycles. The molecule has 0 fully saturated rings. The molecule has 1 amide bonds. The van der Waals surface area contributed by atoms with Gasteiger partial charge < -0.3 is 24.3 Å². The summed E-state index contributed by atoms with van der Waals surface area (Å²) in [5.74, 6) is 2.03. The van der Waals surface area contributed by atoms with Crippen LogP contribution in [-0.4, -0.2) is 31.2 Å². The zero-order valence-electron chi connectivity index (χ0n) is 19.3. The van der Waals surface area contributed by atoms with Crippen molar-refractivity contribution in [1.29, 1.82) is 0 Å². The van der Waals surface area contributed by atoms with E-state index in [1.54, 1.807) is 55.9 Å². The Morgan fingerprint density at radius 3 is 2.31 bits per heavy atom. The van der Waals surface area contributed by atoms with Gasteiger partial charge in [-0.15, -0.1) is 0 Å². The van der Waals surface area contributed by atoms with Crippen molar-refractivity contribution in [3.05, 3.63) is 108 Å². The molecule has 1 heterocycles. The number of pyridine rings is 1. The van der Waals surface area contributed by atoms with Crippen LogP contribution in [0.1, 0.15) is 15.9 Å². The highest BCUT2D eigenvalue weighted by Gasteiger charge is 2.14. The second-order valence-electron chi connectivity index (χ2n) is 7.47. The molecule has 3 aromatic carbocycles. The number of ether oxygens (including phenoxy) is 4. The van der Waals surface area contributed by atoms with Crippen molar-refractivity contribution in [1.82, 2.24) is 4.98 Å². The van der Waals surface area contributed by atoms with Crippen molar-refractivity contribution in [3.63, 3.8) is 0 Å². The van der Waals surface area contributed by atoms with Crippen LogP contribution >= 0.6 is 0 Å². The van der Waals surface area contributed by atoms with E-state index in [0.717, 1.165) is 11.3 Å². The number of aromatic nitrogens is 1. The predicted molar refractivity (Wildman–Crippen MR) is 133 cm³/mol. The maximum atomic E-state index is 13.0. The molecule has 0 unspecified atom stereocenters. The minimum Gasteiger partial charge on any atom is -0.493 e. The standard InChI is InChI=1S/C28H26N2O5/c1-32-26-12-11-22(19-27(26)35-20-21-13-15-29-16-14-21)30-28(31)24-9-5-6-10-25(24)34-18-17-33-23-7-3-2-4-8-23/h2-16,19H,17-18,20H2,1H3,(H,30,31). The first-order chi connectivity index (χ1) is 17.2. The van der Waals surface area contributed by atoms with Crippen molar-refractivity contribution < 1.29 is 23.7 Å². The molecule has 4 aromatic rings. The van der Waals surface area contributed by atoms with E-state index in [2.05, 4.69) is 10.3 Å². The molecule has 4 rings (SSSR count). The fraction of sp³-hybridized carbons (Fsp3) is 0.143. The number of nitrogens with one attached hydrogen (secondary N) is 1. The van der Waals surface area contributed by atoms with Crippen LogP contribution in [-0.2, 0) is 6.61 Å². The minimum atomic E-state index is -0.296. The quantitative estimate of drug-likeness (QED) is 0.297. The second kappa shape index (κ2) is 12.1. The zero-order chi connectivity index (χ0) is 24.3. The Bertz CT molecular complexity index is 1230. The van der Waals surface area contributed by atoms with Crippen molar-refractivity contribution in [3.8, 4) is 23.0 Å². The van der Waals surface area contributed by atoms with Crippen LogP contribution in [0, 0.1) is 0 Å². The molecule has 0 bridgehead atoms. The lowest BCUT2D eigenvalue weighted by molar-refractivity contribution is 0.102. The Labute approximate surface area is 204 Å².